The van der Waals surface area contributed by atoms with E-state index in [-0.39, 0.29) is 5.82 Å². The summed E-state index contributed by atoms with van der Waals surface area (Å²) >= 11 is 1.60. The molecule has 224 valence electrons. The minimum absolute atomic E-state index is 0.360. The SMILES string of the molecule is CSCC[C@H](NC(=O)c1ccc(/C=C/Cn2ccnc2)cc1-c1ccc(F)cc1)C(=O)OC(C)(C)CN1CCOCC1. The summed E-state index contributed by atoms with van der Waals surface area (Å²) in [6.45, 7) is 7.89. The van der Waals surface area contributed by atoms with Crippen molar-refractivity contribution in [2.45, 2.75) is 38.5 Å². The van der Waals surface area contributed by atoms with Crippen LogP contribution in [-0.4, -0.2) is 82.8 Å². The van der Waals surface area contributed by atoms with Crippen LogP contribution in [0.4, 0.5) is 4.39 Å². The molecule has 1 aliphatic rings. The summed E-state index contributed by atoms with van der Waals surface area (Å²) in [5, 5.41) is 2.93. The summed E-state index contributed by atoms with van der Waals surface area (Å²) in [6.07, 6.45) is 11.7. The minimum atomic E-state index is -0.815. The van der Waals surface area contributed by atoms with E-state index in [1.165, 1.54) is 12.1 Å². The largest absolute Gasteiger partial charge is 0.457 e. The molecule has 8 nitrogen and oxygen atoms in total. The molecule has 1 saturated heterocycles. The van der Waals surface area contributed by atoms with E-state index in [4.69, 9.17) is 9.47 Å². The van der Waals surface area contributed by atoms with Crippen molar-refractivity contribution >= 4 is 29.7 Å². The van der Waals surface area contributed by atoms with Crippen molar-refractivity contribution in [3.05, 3.63) is 84.2 Å². The van der Waals surface area contributed by atoms with Crippen molar-refractivity contribution in [3.8, 4) is 11.1 Å². The number of imidazole rings is 1. The topological polar surface area (TPSA) is 85.7 Å². The Morgan fingerprint density at radius 2 is 1.95 bits per heavy atom. The molecule has 10 heteroatoms. The van der Waals surface area contributed by atoms with Crippen LogP contribution < -0.4 is 5.32 Å². The van der Waals surface area contributed by atoms with Crippen LogP contribution in [0.1, 0.15) is 36.2 Å². The Morgan fingerprint density at radius 3 is 2.64 bits per heavy atom. The third kappa shape index (κ3) is 9.27. The zero-order valence-electron chi connectivity index (χ0n) is 24.4. The van der Waals surface area contributed by atoms with E-state index in [1.54, 1.807) is 42.5 Å². The van der Waals surface area contributed by atoms with Crippen LogP contribution in [0.25, 0.3) is 17.2 Å². The number of morpholine rings is 1. The maximum atomic E-state index is 13.7. The second kappa shape index (κ2) is 15.1. The minimum Gasteiger partial charge on any atom is -0.457 e. The van der Waals surface area contributed by atoms with Crippen molar-refractivity contribution in [1.82, 2.24) is 19.8 Å². The lowest BCUT2D eigenvalue weighted by atomic mass is 9.96. The highest BCUT2D eigenvalue weighted by molar-refractivity contribution is 7.98. The molecule has 2 heterocycles. The summed E-state index contributed by atoms with van der Waals surface area (Å²) in [4.78, 5) is 33.4. The van der Waals surface area contributed by atoms with E-state index in [0.29, 0.717) is 55.2 Å². The maximum Gasteiger partial charge on any atom is 0.329 e. The van der Waals surface area contributed by atoms with Gasteiger partial charge in [0.15, 0.2) is 0 Å². The second-order valence-corrected chi connectivity index (χ2v) is 11.8. The van der Waals surface area contributed by atoms with Crippen LogP contribution in [0.2, 0.25) is 0 Å². The lowest BCUT2D eigenvalue weighted by Crippen LogP contribution is -2.50. The van der Waals surface area contributed by atoms with Gasteiger partial charge in [0.1, 0.15) is 17.5 Å². The number of benzene rings is 2. The fourth-order valence-corrected chi connectivity index (χ4v) is 5.30. The molecule has 0 bridgehead atoms. The normalized spacial score (nSPS) is 15.0. The second-order valence-electron chi connectivity index (χ2n) is 10.9. The Labute approximate surface area is 251 Å². The Balaban J connectivity index is 1.53. The fourth-order valence-electron chi connectivity index (χ4n) is 4.83. The van der Waals surface area contributed by atoms with Crippen LogP contribution in [-0.2, 0) is 20.8 Å². The number of carbonyl (C=O) groups is 2. The molecule has 0 spiro atoms. The average molecular weight is 595 g/mol. The third-order valence-electron chi connectivity index (χ3n) is 6.91. The molecule has 0 aliphatic carbocycles. The highest BCUT2D eigenvalue weighted by atomic mass is 32.2. The molecule has 0 radical (unpaired) electrons. The number of halogens is 1. The molecule has 42 heavy (non-hydrogen) atoms. The Morgan fingerprint density at radius 1 is 1.19 bits per heavy atom. The zero-order chi connectivity index (χ0) is 30.0. The van der Waals surface area contributed by atoms with E-state index < -0.39 is 23.5 Å². The number of esters is 1. The highest BCUT2D eigenvalue weighted by Gasteiger charge is 2.32. The number of amides is 1. The number of aromatic nitrogens is 2. The monoisotopic (exact) mass is 594 g/mol. The van der Waals surface area contributed by atoms with E-state index in [0.717, 1.165) is 18.7 Å². The number of nitrogens with one attached hydrogen (secondary N) is 1. The molecule has 0 unspecified atom stereocenters. The number of thioether (sulfide) groups is 1. The number of hydrogen-bond donors (Lipinski definition) is 1. The van der Waals surface area contributed by atoms with Gasteiger partial charge in [-0.25, -0.2) is 14.2 Å². The van der Waals surface area contributed by atoms with E-state index in [2.05, 4.69) is 15.2 Å². The summed E-state index contributed by atoms with van der Waals surface area (Å²) in [5.41, 5.74) is 1.88. The molecule has 2 aromatic carbocycles. The highest BCUT2D eigenvalue weighted by Crippen LogP contribution is 2.27. The van der Waals surface area contributed by atoms with Crippen molar-refractivity contribution in [1.29, 1.82) is 0 Å². The molecule has 0 saturated carbocycles. The van der Waals surface area contributed by atoms with Crippen molar-refractivity contribution in [3.63, 3.8) is 0 Å². The molecule has 1 fully saturated rings. The molecule has 1 aliphatic heterocycles. The molecule has 1 aromatic heterocycles. The van der Waals surface area contributed by atoms with Crippen molar-refractivity contribution in [2.24, 2.45) is 0 Å². The third-order valence-corrected chi connectivity index (χ3v) is 7.56. The molecular formula is C32H39FN4O4S. The van der Waals surface area contributed by atoms with Gasteiger partial charge in [-0.1, -0.05) is 30.4 Å². The number of carbonyl (C=O) groups excluding carboxylic acids is 2. The number of ether oxygens (including phenoxy) is 2. The van der Waals surface area contributed by atoms with Crippen LogP contribution in [0.15, 0.2) is 67.3 Å². The van der Waals surface area contributed by atoms with Crippen LogP contribution >= 0.6 is 11.8 Å². The van der Waals surface area contributed by atoms with Gasteiger partial charge in [-0.2, -0.15) is 11.8 Å². The predicted octanol–water partition coefficient (Wildman–Crippen LogP) is 4.91. The molecule has 3 aromatic rings. The maximum absolute atomic E-state index is 13.7. The molecular weight excluding hydrogens is 555 g/mol. The van der Waals surface area contributed by atoms with Gasteiger partial charge in [-0.3, -0.25) is 9.69 Å². The van der Waals surface area contributed by atoms with Gasteiger partial charge in [-0.05, 0) is 73.2 Å². The van der Waals surface area contributed by atoms with Gasteiger partial charge >= 0.3 is 5.97 Å². The van der Waals surface area contributed by atoms with E-state index in [1.807, 2.05) is 55.2 Å². The first-order chi connectivity index (χ1) is 20.2. The van der Waals surface area contributed by atoms with Crippen molar-refractivity contribution in [2.75, 3.05) is 44.9 Å². The Kier molecular flexibility index (Phi) is 11.3. The fraction of sp³-hybridized carbons (Fsp3) is 0.406. The first-order valence-corrected chi connectivity index (χ1v) is 15.5. The average Bonchev–Trinajstić information content (AvgIpc) is 3.49. The molecule has 1 N–H and O–H groups in total. The van der Waals surface area contributed by atoms with Crippen LogP contribution in [0, 0.1) is 5.82 Å². The van der Waals surface area contributed by atoms with Gasteiger partial charge in [0.2, 0.25) is 0 Å². The summed E-state index contributed by atoms with van der Waals surface area (Å²) < 4.78 is 27.1. The predicted molar refractivity (Wildman–Crippen MR) is 165 cm³/mol. The van der Waals surface area contributed by atoms with Gasteiger partial charge in [-0.15, -0.1) is 0 Å². The lowest BCUT2D eigenvalue weighted by Gasteiger charge is -2.35. The quantitative estimate of drug-likeness (QED) is 0.282. The number of hydrogen-bond acceptors (Lipinski definition) is 7. The standard InChI is InChI=1S/C32H39FN4O4S/c1-32(2,22-36-16-18-40-19-17-36)41-31(39)29(12-20-42-3)35-30(38)27-11-6-24(5-4-14-37-15-13-34-23-37)21-28(27)25-7-9-26(33)10-8-25/h4-11,13,15,21,23,29H,12,14,16-20,22H2,1-3H3,(H,35,38)/b5-4+/t29-/m0/s1. The zero-order valence-corrected chi connectivity index (χ0v) is 25.2. The van der Waals surface area contributed by atoms with Crippen LogP contribution in [0.5, 0.6) is 0 Å². The van der Waals surface area contributed by atoms with Gasteiger partial charge in [0, 0.05) is 44.1 Å². The van der Waals surface area contributed by atoms with Gasteiger partial charge in [0.05, 0.1) is 19.5 Å². The summed E-state index contributed by atoms with van der Waals surface area (Å²) in [6, 6.07) is 10.7. The first kappa shape index (κ1) is 31.5. The number of nitrogens with zero attached hydrogens (tertiary/aromatic N) is 3. The summed E-state index contributed by atoms with van der Waals surface area (Å²) in [5.74, 6) is -0.536. The van der Waals surface area contributed by atoms with Crippen LogP contribution in [0.3, 0.4) is 0 Å². The molecule has 4 rings (SSSR count). The van der Waals surface area contributed by atoms with E-state index in [9.17, 15) is 14.0 Å². The first-order valence-electron chi connectivity index (χ1n) is 14.1. The summed E-state index contributed by atoms with van der Waals surface area (Å²) in [7, 11) is 0. The number of rotatable bonds is 13. The Bertz CT molecular complexity index is 1340. The molecule has 1 atom stereocenters. The van der Waals surface area contributed by atoms with E-state index >= 15 is 0 Å². The Hall–Kier alpha value is -3.47. The molecule has 1 amide bonds. The lowest BCUT2D eigenvalue weighted by molar-refractivity contribution is -0.161. The smallest absolute Gasteiger partial charge is 0.329 e. The van der Waals surface area contributed by atoms with Crippen molar-refractivity contribution < 1.29 is 23.5 Å². The van der Waals surface area contributed by atoms with Gasteiger partial charge in [0.25, 0.3) is 5.91 Å². The van der Waals surface area contributed by atoms with Gasteiger partial charge < -0.3 is 19.4 Å². The number of allylic oxidation sites excluding steroid dienone is 1.